The standard InChI is InChI=1S/C19H19NO/c21-19-17(14-7-2-1-3-8-14)13-15-9-4-5-10-16(15)18-11-6-12-20(18)19/h1-5,7-10,17-18H,6,11-13H2/t17-,18-/m1/s1. The van der Waals surface area contributed by atoms with Gasteiger partial charge in [-0.1, -0.05) is 54.6 Å². The summed E-state index contributed by atoms with van der Waals surface area (Å²) in [5.41, 5.74) is 3.85. The number of benzene rings is 2. The fraction of sp³-hybridized carbons (Fsp3) is 0.316. The van der Waals surface area contributed by atoms with Crippen LogP contribution in [-0.4, -0.2) is 17.4 Å². The van der Waals surface area contributed by atoms with Crippen LogP contribution in [0.2, 0.25) is 0 Å². The normalized spacial score (nSPS) is 24.4. The Hall–Kier alpha value is -2.09. The number of nitrogens with zero attached hydrogens (tertiary/aromatic N) is 1. The molecule has 2 aromatic carbocycles. The summed E-state index contributed by atoms with van der Waals surface area (Å²) >= 11 is 0. The highest BCUT2D eigenvalue weighted by atomic mass is 16.2. The molecule has 2 aliphatic rings. The smallest absolute Gasteiger partial charge is 0.230 e. The SMILES string of the molecule is O=C1[C@@H](c2ccccc2)Cc2ccccc2[C@H]2CCCN12. The van der Waals surface area contributed by atoms with Crippen molar-refractivity contribution in [2.24, 2.45) is 0 Å². The van der Waals surface area contributed by atoms with Crippen molar-refractivity contribution in [1.82, 2.24) is 4.90 Å². The Bertz CT molecular complexity index is 664. The molecule has 2 atom stereocenters. The lowest BCUT2D eigenvalue weighted by molar-refractivity contribution is -0.133. The minimum atomic E-state index is -0.0320. The second kappa shape index (κ2) is 5.03. The van der Waals surface area contributed by atoms with Crippen molar-refractivity contribution < 1.29 is 4.79 Å². The molecule has 1 fully saturated rings. The second-order valence-corrected chi connectivity index (χ2v) is 6.06. The van der Waals surface area contributed by atoms with Crippen LogP contribution in [0.5, 0.6) is 0 Å². The molecular weight excluding hydrogens is 258 g/mol. The zero-order valence-electron chi connectivity index (χ0n) is 12.0. The highest BCUT2D eigenvalue weighted by Gasteiger charge is 2.38. The number of carbonyl (C=O) groups excluding carboxylic acids is 1. The third-order valence-electron chi connectivity index (χ3n) is 4.87. The average Bonchev–Trinajstić information content (AvgIpc) is 2.98. The average molecular weight is 277 g/mol. The molecule has 2 nitrogen and oxygen atoms in total. The molecule has 1 saturated heterocycles. The number of hydrogen-bond donors (Lipinski definition) is 0. The highest BCUT2D eigenvalue weighted by Crippen LogP contribution is 2.40. The first kappa shape index (κ1) is 12.6. The maximum Gasteiger partial charge on any atom is 0.230 e. The van der Waals surface area contributed by atoms with Gasteiger partial charge in [0.25, 0.3) is 0 Å². The van der Waals surface area contributed by atoms with Crippen LogP contribution in [-0.2, 0) is 11.2 Å². The van der Waals surface area contributed by atoms with Crippen molar-refractivity contribution in [3.8, 4) is 0 Å². The van der Waals surface area contributed by atoms with E-state index in [1.165, 1.54) is 11.1 Å². The van der Waals surface area contributed by atoms with Crippen molar-refractivity contribution in [3.05, 3.63) is 71.3 Å². The number of fused-ring (bicyclic) bond motifs is 3. The van der Waals surface area contributed by atoms with Crippen molar-refractivity contribution in [2.45, 2.75) is 31.2 Å². The third kappa shape index (κ3) is 2.06. The highest BCUT2D eigenvalue weighted by molar-refractivity contribution is 5.85. The summed E-state index contributed by atoms with van der Waals surface area (Å²) in [4.78, 5) is 15.1. The molecule has 2 heterocycles. The van der Waals surface area contributed by atoms with E-state index in [0.29, 0.717) is 11.9 Å². The molecule has 2 heteroatoms. The van der Waals surface area contributed by atoms with Crippen molar-refractivity contribution in [3.63, 3.8) is 0 Å². The first-order chi connectivity index (χ1) is 10.3. The van der Waals surface area contributed by atoms with E-state index in [1.807, 2.05) is 18.2 Å². The first-order valence-corrected chi connectivity index (χ1v) is 7.78. The maximum absolute atomic E-state index is 13.0. The van der Waals surface area contributed by atoms with Gasteiger partial charge in [-0.25, -0.2) is 0 Å². The lowest BCUT2D eigenvalue weighted by Crippen LogP contribution is -2.33. The minimum absolute atomic E-state index is 0.0320. The lowest BCUT2D eigenvalue weighted by atomic mass is 9.89. The van der Waals surface area contributed by atoms with Gasteiger partial charge in [0.05, 0.1) is 12.0 Å². The molecule has 0 saturated carbocycles. The van der Waals surface area contributed by atoms with E-state index >= 15 is 0 Å². The summed E-state index contributed by atoms with van der Waals surface area (Å²) in [5, 5.41) is 0. The zero-order valence-corrected chi connectivity index (χ0v) is 12.0. The molecule has 2 aromatic rings. The van der Waals surface area contributed by atoms with E-state index in [0.717, 1.165) is 31.4 Å². The number of rotatable bonds is 1. The van der Waals surface area contributed by atoms with E-state index in [1.54, 1.807) is 0 Å². The van der Waals surface area contributed by atoms with Gasteiger partial charge in [-0.05, 0) is 36.0 Å². The van der Waals surface area contributed by atoms with Crippen LogP contribution in [0.1, 0.15) is 41.5 Å². The molecule has 0 unspecified atom stereocenters. The van der Waals surface area contributed by atoms with Crippen LogP contribution in [0.4, 0.5) is 0 Å². The summed E-state index contributed by atoms with van der Waals surface area (Å²) in [6.45, 7) is 0.904. The molecule has 0 N–H and O–H groups in total. The van der Waals surface area contributed by atoms with Gasteiger partial charge in [0, 0.05) is 6.54 Å². The molecule has 0 spiro atoms. The molecule has 0 aromatic heterocycles. The molecule has 1 amide bonds. The Kier molecular flexibility index (Phi) is 3.03. The van der Waals surface area contributed by atoms with E-state index in [9.17, 15) is 4.79 Å². The molecule has 0 radical (unpaired) electrons. The minimum Gasteiger partial charge on any atom is -0.335 e. The van der Waals surface area contributed by atoms with Gasteiger partial charge in [-0.3, -0.25) is 4.79 Å². The molecule has 2 aliphatic heterocycles. The van der Waals surface area contributed by atoms with Gasteiger partial charge < -0.3 is 4.90 Å². The molecule has 0 bridgehead atoms. The van der Waals surface area contributed by atoms with Crippen LogP contribution in [0.15, 0.2) is 54.6 Å². The summed E-state index contributed by atoms with van der Waals surface area (Å²) in [6.07, 6.45) is 3.04. The van der Waals surface area contributed by atoms with E-state index < -0.39 is 0 Å². The van der Waals surface area contributed by atoms with Crippen molar-refractivity contribution in [2.75, 3.05) is 6.54 Å². The van der Waals surface area contributed by atoms with Gasteiger partial charge >= 0.3 is 0 Å². The molecule has 106 valence electrons. The fourth-order valence-corrected chi connectivity index (χ4v) is 3.85. The van der Waals surface area contributed by atoms with Gasteiger partial charge in [0.1, 0.15) is 0 Å². The fourth-order valence-electron chi connectivity index (χ4n) is 3.85. The van der Waals surface area contributed by atoms with Gasteiger partial charge in [-0.2, -0.15) is 0 Å². The Morgan fingerprint density at radius 2 is 1.71 bits per heavy atom. The zero-order chi connectivity index (χ0) is 14.2. The van der Waals surface area contributed by atoms with Crippen LogP contribution < -0.4 is 0 Å². The number of hydrogen-bond acceptors (Lipinski definition) is 1. The largest absolute Gasteiger partial charge is 0.335 e. The Morgan fingerprint density at radius 1 is 0.952 bits per heavy atom. The molecule has 0 aliphatic carbocycles. The summed E-state index contributed by atoms with van der Waals surface area (Å²) in [5.74, 6) is 0.273. The molecule has 21 heavy (non-hydrogen) atoms. The van der Waals surface area contributed by atoms with Gasteiger partial charge in [0.2, 0.25) is 5.91 Å². The third-order valence-corrected chi connectivity index (χ3v) is 4.87. The molecular formula is C19H19NO. The van der Waals surface area contributed by atoms with Crippen LogP contribution in [0.25, 0.3) is 0 Å². The quantitative estimate of drug-likeness (QED) is 0.778. The van der Waals surface area contributed by atoms with E-state index in [2.05, 4.69) is 41.3 Å². The van der Waals surface area contributed by atoms with E-state index in [-0.39, 0.29) is 5.92 Å². The Morgan fingerprint density at radius 3 is 2.57 bits per heavy atom. The molecule has 4 rings (SSSR count). The van der Waals surface area contributed by atoms with Gasteiger partial charge in [-0.15, -0.1) is 0 Å². The monoisotopic (exact) mass is 277 g/mol. The van der Waals surface area contributed by atoms with Crippen LogP contribution >= 0.6 is 0 Å². The predicted molar refractivity (Wildman–Crippen MR) is 83.0 cm³/mol. The Balaban J connectivity index is 1.82. The van der Waals surface area contributed by atoms with E-state index in [4.69, 9.17) is 0 Å². The summed E-state index contributed by atoms with van der Waals surface area (Å²) in [7, 11) is 0. The summed E-state index contributed by atoms with van der Waals surface area (Å²) < 4.78 is 0. The lowest BCUT2D eigenvalue weighted by Gasteiger charge is -2.25. The topological polar surface area (TPSA) is 20.3 Å². The van der Waals surface area contributed by atoms with Crippen LogP contribution in [0.3, 0.4) is 0 Å². The number of amides is 1. The maximum atomic E-state index is 13.0. The van der Waals surface area contributed by atoms with Gasteiger partial charge in [0.15, 0.2) is 0 Å². The number of carbonyl (C=O) groups is 1. The summed E-state index contributed by atoms with van der Waals surface area (Å²) in [6, 6.07) is 19.1. The van der Waals surface area contributed by atoms with Crippen LogP contribution in [0, 0.1) is 0 Å². The first-order valence-electron chi connectivity index (χ1n) is 7.78. The predicted octanol–water partition coefficient (Wildman–Crippen LogP) is 3.69. The second-order valence-electron chi connectivity index (χ2n) is 6.06. The van der Waals surface area contributed by atoms with Crippen molar-refractivity contribution in [1.29, 1.82) is 0 Å². The van der Waals surface area contributed by atoms with Crippen molar-refractivity contribution >= 4 is 5.91 Å². The Labute approximate surface area is 125 Å².